The Labute approximate surface area is 164 Å². The van der Waals surface area contributed by atoms with Crippen molar-refractivity contribution >= 4 is 28.6 Å². The SMILES string of the molecule is COc1ccc2cccc(CC(=O)NCC(=O)N[C@@H](CC(C)C)C(=O)O)c2c1. The monoisotopic (exact) mass is 386 g/mol. The average molecular weight is 386 g/mol. The molecule has 7 nitrogen and oxygen atoms in total. The van der Waals surface area contributed by atoms with Crippen molar-refractivity contribution in [3.05, 3.63) is 42.0 Å². The Hall–Kier alpha value is -3.09. The topological polar surface area (TPSA) is 105 Å². The first-order valence-electron chi connectivity index (χ1n) is 9.14. The van der Waals surface area contributed by atoms with Gasteiger partial charge in [0.1, 0.15) is 11.8 Å². The highest BCUT2D eigenvalue weighted by atomic mass is 16.5. The second-order valence-electron chi connectivity index (χ2n) is 7.05. The van der Waals surface area contributed by atoms with Gasteiger partial charge in [-0.3, -0.25) is 9.59 Å². The van der Waals surface area contributed by atoms with Crippen LogP contribution < -0.4 is 15.4 Å². The molecule has 2 amide bonds. The van der Waals surface area contributed by atoms with Crippen molar-refractivity contribution in [2.45, 2.75) is 32.7 Å². The molecular formula is C21H26N2O5. The van der Waals surface area contributed by atoms with E-state index in [0.29, 0.717) is 12.2 Å². The molecule has 7 heteroatoms. The molecule has 0 saturated carbocycles. The minimum atomic E-state index is -1.09. The average Bonchev–Trinajstić information content (AvgIpc) is 2.65. The number of ether oxygens (including phenoxy) is 1. The van der Waals surface area contributed by atoms with Crippen LogP contribution in [0.4, 0.5) is 0 Å². The Kier molecular flexibility index (Phi) is 7.37. The molecule has 0 aliphatic heterocycles. The van der Waals surface area contributed by atoms with E-state index in [1.165, 1.54) is 0 Å². The van der Waals surface area contributed by atoms with Crippen LogP contribution in [0, 0.1) is 5.92 Å². The molecule has 0 heterocycles. The van der Waals surface area contributed by atoms with E-state index in [9.17, 15) is 19.5 Å². The third-order valence-corrected chi connectivity index (χ3v) is 4.32. The molecule has 0 bridgehead atoms. The van der Waals surface area contributed by atoms with E-state index in [1.807, 2.05) is 50.2 Å². The lowest BCUT2D eigenvalue weighted by atomic mass is 10.0. The largest absolute Gasteiger partial charge is 0.497 e. The first kappa shape index (κ1) is 21.2. The molecule has 0 saturated heterocycles. The first-order chi connectivity index (χ1) is 13.3. The fourth-order valence-electron chi connectivity index (χ4n) is 2.95. The fraction of sp³-hybridized carbons (Fsp3) is 0.381. The summed E-state index contributed by atoms with van der Waals surface area (Å²) in [6.45, 7) is 3.49. The fourth-order valence-corrected chi connectivity index (χ4v) is 2.95. The van der Waals surface area contributed by atoms with E-state index in [0.717, 1.165) is 16.3 Å². The molecule has 3 N–H and O–H groups in total. The standard InChI is InChI=1S/C21H26N2O5/c1-13(2)9-18(21(26)27)23-20(25)12-22-19(24)10-15-6-4-5-14-7-8-16(28-3)11-17(14)15/h4-8,11,13,18H,9-10,12H2,1-3H3,(H,22,24)(H,23,25)(H,26,27)/t18-/m0/s1. The minimum Gasteiger partial charge on any atom is -0.497 e. The number of fused-ring (bicyclic) bond motifs is 1. The quantitative estimate of drug-likeness (QED) is 0.612. The van der Waals surface area contributed by atoms with E-state index in [2.05, 4.69) is 10.6 Å². The highest BCUT2D eigenvalue weighted by molar-refractivity contribution is 5.92. The first-order valence-corrected chi connectivity index (χ1v) is 9.14. The molecule has 2 aromatic carbocycles. The Bertz CT molecular complexity index is 863. The summed E-state index contributed by atoms with van der Waals surface area (Å²) in [5, 5.41) is 16.1. The van der Waals surface area contributed by atoms with Gasteiger partial charge in [0.25, 0.3) is 0 Å². The molecule has 1 atom stereocenters. The smallest absolute Gasteiger partial charge is 0.326 e. The number of hydrogen-bond donors (Lipinski definition) is 3. The highest BCUT2D eigenvalue weighted by Crippen LogP contribution is 2.24. The molecule has 2 rings (SSSR count). The van der Waals surface area contributed by atoms with Gasteiger partial charge in [-0.25, -0.2) is 4.79 Å². The number of rotatable bonds is 9. The van der Waals surface area contributed by atoms with Gasteiger partial charge in [0, 0.05) is 0 Å². The molecule has 150 valence electrons. The molecule has 0 aromatic heterocycles. The second kappa shape index (κ2) is 9.73. The summed E-state index contributed by atoms with van der Waals surface area (Å²) < 4.78 is 5.24. The van der Waals surface area contributed by atoms with E-state index >= 15 is 0 Å². The summed E-state index contributed by atoms with van der Waals surface area (Å²) in [4.78, 5) is 35.5. The lowest BCUT2D eigenvalue weighted by Crippen LogP contribution is -2.46. The van der Waals surface area contributed by atoms with Gasteiger partial charge in [0.15, 0.2) is 0 Å². The van der Waals surface area contributed by atoms with Crippen LogP contribution >= 0.6 is 0 Å². The third-order valence-electron chi connectivity index (χ3n) is 4.32. The van der Waals surface area contributed by atoms with Crippen LogP contribution in [0.1, 0.15) is 25.8 Å². The Morgan fingerprint density at radius 1 is 1.11 bits per heavy atom. The van der Waals surface area contributed by atoms with E-state index in [4.69, 9.17) is 4.74 Å². The molecular weight excluding hydrogens is 360 g/mol. The van der Waals surface area contributed by atoms with Crippen LogP contribution in [0.5, 0.6) is 5.75 Å². The number of carboxylic acid groups (broad SMARTS) is 1. The van der Waals surface area contributed by atoms with Crippen molar-refractivity contribution in [1.29, 1.82) is 0 Å². The van der Waals surface area contributed by atoms with Crippen molar-refractivity contribution in [1.82, 2.24) is 10.6 Å². The van der Waals surface area contributed by atoms with Crippen LogP contribution in [0.3, 0.4) is 0 Å². The zero-order valence-corrected chi connectivity index (χ0v) is 16.3. The molecule has 0 unspecified atom stereocenters. The van der Waals surface area contributed by atoms with Crippen LogP contribution in [-0.2, 0) is 20.8 Å². The Morgan fingerprint density at radius 3 is 2.50 bits per heavy atom. The summed E-state index contributed by atoms with van der Waals surface area (Å²) in [7, 11) is 1.58. The van der Waals surface area contributed by atoms with Gasteiger partial charge < -0.3 is 20.5 Å². The predicted molar refractivity (Wildman–Crippen MR) is 106 cm³/mol. The molecule has 0 spiro atoms. The number of amides is 2. The van der Waals surface area contributed by atoms with Crippen LogP contribution in [0.25, 0.3) is 10.8 Å². The van der Waals surface area contributed by atoms with Crippen molar-refractivity contribution in [3.8, 4) is 5.75 Å². The number of hydrogen-bond acceptors (Lipinski definition) is 4. The van der Waals surface area contributed by atoms with Crippen molar-refractivity contribution in [3.63, 3.8) is 0 Å². The third kappa shape index (κ3) is 5.97. The summed E-state index contributed by atoms with van der Waals surface area (Å²) in [5.41, 5.74) is 0.817. The maximum absolute atomic E-state index is 12.3. The predicted octanol–water partition coefficient (Wildman–Crippen LogP) is 2.12. The summed E-state index contributed by atoms with van der Waals surface area (Å²) in [6, 6.07) is 10.3. The molecule has 2 aromatic rings. The van der Waals surface area contributed by atoms with Crippen molar-refractivity contribution in [2.24, 2.45) is 5.92 Å². The van der Waals surface area contributed by atoms with Crippen LogP contribution in [0.15, 0.2) is 36.4 Å². The van der Waals surface area contributed by atoms with Crippen LogP contribution in [-0.4, -0.2) is 42.6 Å². The number of nitrogens with one attached hydrogen (secondary N) is 2. The van der Waals surface area contributed by atoms with E-state index in [1.54, 1.807) is 7.11 Å². The Morgan fingerprint density at radius 2 is 1.86 bits per heavy atom. The lowest BCUT2D eigenvalue weighted by molar-refractivity contribution is -0.142. The van der Waals surface area contributed by atoms with Crippen molar-refractivity contribution in [2.75, 3.05) is 13.7 Å². The molecule has 0 radical (unpaired) electrons. The number of benzene rings is 2. The van der Waals surface area contributed by atoms with Gasteiger partial charge in [0.05, 0.1) is 20.1 Å². The van der Waals surface area contributed by atoms with E-state index < -0.39 is 17.9 Å². The highest BCUT2D eigenvalue weighted by Gasteiger charge is 2.21. The maximum Gasteiger partial charge on any atom is 0.326 e. The number of carbonyl (C=O) groups excluding carboxylic acids is 2. The lowest BCUT2D eigenvalue weighted by Gasteiger charge is -2.16. The maximum atomic E-state index is 12.3. The molecule has 0 aliphatic carbocycles. The summed E-state index contributed by atoms with van der Waals surface area (Å²) in [6.07, 6.45) is 0.430. The van der Waals surface area contributed by atoms with Gasteiger partial charge >= 0.3 is 5.97 Å². The van der Waals surface area contributed by atoms with Gasteiger partial charge in [-0.15, -0.1) is 0 Å². The van der Waals surface area contributed by atoms with E-state index in [-0.39, 0.29) is 24.8 Å². The normalized spacial score (nSPS) is 11.9. The van der Waals surface area contributed by atoms with Gasteiger partial charge in [-0.1, -0.05) is 38.1 Å². The zero-order chi connectivity index (χ0) is 20.7. The Balaban J connectivity index is 1.96. The zero-order valence-electron chi connectivity index (χ0n) is 16.3. The molecule has 28 heavy (non-hydrogen) atoms. The number of carbonyl (C=O) groups is 3. The van der Waals surface area contributed by atoms with Gasteiger partial charge in [-0.2, -0.15) is 0 Å². The second-order valence-corrected chi connectivity index (χ2v) is 7.05. The number of carboxylic acids is 1. The summed E-state index contributed by atoms with van der Waals surface area (Å²) >= 11 is 0. The van der Waals surface area contributed by atoms with Gasteiger partial charge in [-0.05, 0) is 40.8 Å². The molecule has 0 aliphatic rings. The molecule has 0 fully saturated rings. The van der Waals surface area contributed by atoms with Gasteiger partial charge in [0.2, 0.25) is 11.8 Å². The number of aliphatic carboxylic acids is 1. The van der Waals surface area contributed by atoms with Crippen molar-refractivity contribution < 1.29 is 24.2 Å². The minimum absolute atomic E-state index is 0.103. The van der Waals surface area contributed by atoms with Crippen LogP contribution in [0.2, 0.25) is 0 Å². The summed E-state index contributed by atoms with van der Waals surface area (Å²) in [5.74, 6) is -1.11. The number of methoxy groups -OCH3 is 1.